The summed E-state index contributed by atoms with van der Waals surface area (Å²) in [6.07, 6.45) is 3.13. The molecule has 0 radical (unpaired) electrons. The van der Waals surface area contributed by atoms with Gasteiger partial charge in [-0.15, -0.1) is 6.58 Å². The molecule has 1 rings (SSSR count). The predicted molar refractivity (Wildman–Crippen MR) is 54.6 cm³/mol. The molecule has 0 heterocycles. The minimum atomic E-state index is -2.42. The van der Waals surface area contributed by atoms with E-state index in [2.05, 4.69) is 11.9 Å². The van der Waals surface area contributed by atoms with E-state index in [0.29, 0.717) is 18.8 Å². The van der Waals surface area contributed by atoms with Crippen LogP contribution in [0.4, 0.5) is 8.78 Å². The van der Waals surface area contributed by atoms with E-state index in [1.165, 1.54) is 0 Å². The number of hydrogen-bond acceptors (Lipinski definition) is 1. The number of halogens is 2. The molecule has 0 aromatic rings. The van der Waals surface area contributed by atoms with Crippen LogP contribution in [0.2, 0.25) is 0 Å². The van der Waals surface area contributed by atoms with Crippen molar-refractivity contribution in [3.8, 4) is 0 Å². The van der Waals surface area contributed by atoms with Crippen LogP contribution in [0.25, 0.3) is 0 Å². The Bertz CT molecular complexity index is 182. The molecule has 0 amide bonds. The third-order valence-corrected chi connectivity index (χ3v) is 2.96. The third-order valence-electron chi connectivity index (χ3n) is 2.96. The van der Waals surface area contributed by atoms with Gasteiger partial charge in [0.2, 0.25) is 5.92 Å². The van der Waals surface area contributed by atoms with Crippen LogP contribution in [0.15, 0.2) is 12.7 Å². The zero-order valence-corrected chi connectivity index (χ0v) is 8.73. The van der Waals surface area contributed by atoms with Crippen molar-refractivity contribution in [1.82, 2.24) is 5.32 Å². The molecule has 1 aliphatic rings. The van der Waals surface area contributed by atoms with E-state index < -0.39 is 5.92 Å². The molecule has 1 fully saturated rings. The second-order valence-corrected chi connectivity index (χ2v) is 4.01. The first-order chi connectivity index (χ1) is 6.59. The molecule has 0 aliphatic heterocycles. The lowest BCUT2D eigenvalue weighted by atomic mass is 9.82. The fraction of sp³-hybridized carbons (Fsp3) is 0.818. The van der Waals surface area contributed by atoms with E-state index >= 15 is 0 Å². The van der Waals surface area contributed by atoms with E-state index in [0.717, 1.165) is 6.54 Å². The predicted octanol–water partition coefficient (Wildman–Crippen LogP) is 2.98. The second kappa shape index (κ2) is 4.87. The van der Waals surface area contributed by atoms with Crippen LogP contribution in [-0.4, -0.2) is 18.5 Å². The highest BCUT2D eigenvalue weighted by atomic mass is 19.3. The van der Waals surface area contributed by atoms with Crippen molar-refractivity contribution in [3.63, 3.8) is 0 Å². The molecule has 1 aliphatic carbocycles. The summed E-state index contributed by atoms with van der Waals surface area (Å²) in [6, 6.07) is 0.205. The molecule has 1 atom stereocenters. The van der Waals surface area contributed by atoms with E-state index in [1.807, 2.05) is 13.0 Å². The van der Waals surface area contributed by atoms with Crippen LogP contribution in [0.1, 0.15) is 32.6 Å². The van der Waals surface area contributed by atoms with Gasteiger partial charge in [-0.3, -0.25) is 0 Å². The molecule has 1 saturated carbocycles. The Balaban J connectivity index is 2.43. The normalized spacial score (nSPS) is 24.5. The zero-order valence-electron chi connectivity index (χ0n) is 8.73. The minimum absolute atomic E-state index is 0.0351. The Hall–Kier alpha value is -0.440. The fourth-order valence-corrected chi connectivity index (χ4v) is 2.10. The van der Waals surface area contributed by atoms with Gasteiger partial charge in [0.05, 0.1) is 0 Å². The summed E-state index contributed by atoms with van der Waals surface area (Å²) in [4.78, 5) is 0. The smallest absolute Gasteiger partial charge is 0.248 e. The first kappa shape index (κ1) is 11.6. The van der Waals surface area contributed by atoms with Gasteiger partial charge in [-0.1, -0.05) is 13.0 Å². The largest absolute Gasteiger partial charge is 0.311 e. The van der Waals surface area contributed by atoms with Crippen molar-refractivity contribution in [1.29, 1.82) is 0 Å². The quantitative estimate of drug-likeness (QED) is 0.693. The van der Waals surface area contributed by atoms with E-state index in [9.17, 15) is 8.78 Å². The average Bonchev–Trinajstić information content (AvgIpc) is 2.15. The van der Waals surface area contributed by atoms with Crippen LogP contribution >= 0.6 is 0 Å². The minimum Gasteiger partial charge on any atom is -0.311 e. The SMILES string of the molecule is C=CC(NCC)C1CCC(F)(F)CC1. The van der Waals surface area contributed by atoms with Crippen LogP contribution in [0, 0.1) is 5.92 Å². The van der Waals surface area contributed by atoms with Gasteiger partial charge in [0.25, 0.3) is 0 Å². The van der Waals surface area contributed by atoms with Crippen molar-refractivity contribution in [2.45, 2.75) is 44.6 Å². The first-order valence-corrected chi connectivity index (χ1v) is 5.33. The van der Waals surface area contributed by atoms with Crippen LogP contribution in [0.5, 0.6) is 0 Å². The maximum absolute atomic E-state index is 12.9. The number of alkyl halides is 2. The monoisotopic (exact) mass is 203 g/mol. The molecular weight excluding hydrogens is 184 g/mol. The van der Waals surface area contributed by atoms with Gasteiger partial charge < -0.3 is 5.32 Å². The Kier molecular flexibility index (Phi) is 4.05. The van der Waals surface area contributed by atoms with Gasteiger partial charge in [0.15, 0.2) is 0 Å². The summed E-state index contributed by atoms with van der Waals surface area (Å²) in [5.41, 5.74) is 0. The molecule has 0 spiro atoms. The fourth-order valence-electron chi connectivity index (χ4n) is 2.10. The van der Waals surface area contributed by atoms with E-state index in [-0.39, 0.29) is 18.9 Å². The molecule has 3 heteroatoms. The Morgan fingerprint density at radius 1 is 1.50 bits per heavy atom. The van der Waals surface area contributed by atoms with Crippen LogP contribution < -0.4 is 5.32 Å². The molecule has 1 unspecified atom stereocenters. The second-order valence-electron chi connectivity index (χ2n) is 4.01. The van der Waals surface area contributed by atoms with Gasteiger partial charge in [0.1, 0.15) is 0 Å². The van der Waals surface area contributed by atoms with Gasteiger partial charge in [-0.2, -0.15) is 0 Å². The summed E-state index contributed by atoms with van der Waals surface area (Å²) >= 11 is 0. The summed E-state index contributed by atoms with van der Waals surface area (Å²) in [5.74, 6) is -2.08. The maximum Gasteiger partial charge on any atom is 0.248 e. The standard InChI is InChI=1S/C11H19F2N/c1-3-10(14-4-2)9-5-7-11(12,13)8-6-9/h3,9-10,14H,1,4-8H2,2H3. The molecule has 82 valence electrons. The molecule has 14 heavy (non-hydrogen) atoms. The number of rotatable bonds is 4. The highest BCUT2D eigenvalue weighted by Crippen LogP contribution is 2.37. The highest BCUT2D eigenvalue weighted by Gasteiger charge is 2.36. The molecule has 1 N–H and O–H groups in total. The number of hydrogen-bond donors (Lipinski definition) is 1. The van der Waals surface area contributed by atoms with E-state index in [1.54, 1.807) is 0 Å². The zero-order chi connectivity index (χ0) is 10.6. The van der Waals surface area contributed by atoms with Crippen molar-refractivity contribution in [3.05, 3.63) is 12.7 Å². The molecular formula is C11H19F2N. The lowest BCUT2D eigenvalue weighted by Crippen LogP contribution is -2.38. The van der Waals surface area contributed by atoms with Gasteiger partial charge >= 0.3 is 0 Å². The molecule has 0 aromatic heterocycles. The summed E-state index contributed by atoms with van der Waals surface area (Å²) < 4.78 is 25.8. The Labute approximate surface area is 84.6 Å². The van der Waals surface area contributed by atoms with Crippen molar-refractivity contribution < 1.29 is 8.78 Å². The lowest BCUT2D eigenvalue weighted by molar-refractivity contribution is -0.0478. The molecule has 0 saturated heterocycles. The maximum atomic E-state index is 12.9. The Morgan fingerprint density at radius 2 is 2.07 bits per heavy atom. The van der Waals surface area contributed by atoms with Gasteiger partial charge in [-0.25, -0.2) is 8.78 Å². The lowest BCUT2D eigenvalue weighted by Gasteiger charge is -2.32. The van der Waals surface area contributed by atoms with Gasteiger partial charge in [-0.05, 0) is 25.3 Å². The third kappa shape index (κ3) is 3.05. The topological polar surface area (TPSA) is 12.0 Å². The van der Waals surface area contributed by atoms with Gasteiger partial charge in [0, 0.05) is 18.9 Å². The summed E-state index contributed by atoms with van der Waals surface area (Å²) in [7, 11) is 0. The van der Waals surface area contributed by atoms with Crippen molar-refractivity contribution in [2.24, 2.45) is 5.92 Å². The molecule has 1 nitrogen and oxygen atoms in total. The summed E-state index contributed by atoms with van der Waals surface area (Å²) in [5, 5.41) is 3.27. The van der Waals surface area contributed by atoms with Crippen molar-refractivity contribution in [2.75, 3.05) is 6.54 Å². The van der Waals surface area contributed by atoms with Crippen LogP contribution in [-0.2, 0) is 0 Å². The van der Waals surface area contributed by atoms with Crippen LogP contribution in [0.3, 0.4) is 0 Å². The average molecular weight is 203 g/mol. The number of likely N-dealkylation sites (N-methyl/N-ethyl adjacent to an activating group) is 1. The van der Waals surface area contributed by atoms with E-state index in [4.69, 9.17) is 0 Å². The summed E-state index contributed by atoms with van der Waals surface area (Å²) in [6.45, 7) is 6.63. The molecule has 0 bridgehead atoms. The highest BCUT2D eigenvalue weighted by molar-refractivity contribution is 4.94. The number of nitrogens with one attached hydrogen (secondary N) is 1. The molecule has 0 aromatic carbocycles. The first-order valence-electron chi connectivity index (χ1n) is 5.33. The van der Waals surface area contributed by atoms with Crippen molar-refractivity contribution >= 4 is 0 Å². The Morgan fingerprint density at radius 3 is 2.50 bits per heavy atom.